The fraction of sp³-hybridized carbons (Fsp3) is 0.500. The van der Waals surface area contributed by atoms with E-state index in [1.807, 2.05) is 24.3 Å². The average molecular weight is 556 g/mol. The fourth-order valence-corrected chi connectivity index (χ4v) is 6.33. The van der Waals surface area contributed by atoms with Crippen molar-refractivity contribution in [2.45, 2.75) is 89.5 Å². The summed E-state index contributed by atoms with van der Waals surface area (Å²) in [5.41, 5.74) is 4.95. The van der Waals surface area contributed by atoms with Gasteiger partial charge in [0.1, 0.15) is 0 Å². The number of nitrogens with zero attached hydrogens (tertiary/aromatic N) is 2. The van der Waals surface area contributed by atoms with Crippen LogP contribution >= 0.6 is 0 Å². The number of ether oxygens (including phenoxy) is 2. The molecule has 1 saturated heterocycles. The van der Waals surface area contributed by atoms with Crippen LogP contribution in [0.3, 0.4) is 0 Å². The molecule has 0 aromatic heterocycles. The Morgan fingerprint density at radius 3 is 2.17 bits per heavy atom. The normalized spacial score (nSPS) is 18.2. The van der Waals surface area contributed by atoms with Crippen molar-refractivity contribution >= 4 is 11.4 Å². The van der Waals surface area contributed by atoms with Crippen LogP contribution in [0.2, 0.25) is 0 Å². The predicted octanol–water partition coefficient (Wildman–Crippen LogP) is 9.38. The van der Waals surface area contributed by atoms with Gasteiger partial charge in [-0.3, -0.25) is 0 Å². The smallest absolute Gasteiger partial charge is 0.151 e. The van der Waals surface area contributed by atoms with Crippen LogP contribution in [0.1, 0.15) is 88.2 Å². The lowest BCUT2D eigenvalue weighted by molar-refractivity contribution is 0.0839. The van der Waals surface area contributed by atoms with Gasteiger partial charge in [-0.1, -0.05) is 87.6 Å². The molecule has 41 heavy (non-hydrogen) atoms. The molecular formula is C36H47N2O3-. The number of aryl methyl sites for hydroxylation is 1. The molecule has 2 heterocycles. The average Bonchev–Trinajstić information content (AvgIpc) is 3.38. The Balaban J connectivity index is 1.02. The number of hydrogen-bond donors (Lipinski definition) is 0. The van der Waals surface area contributed by atoms with Crippen LogP contribution < -0.4 is 9.64 Å². The Labute approximate surface area is 247 Å². The van der Waals surface area contributed by atoms with Gasteiger partial charge in [-0.05, 0) is 80.5 Å². The first-order valence-corrected chi connectivity index (χ1v) is 16.0. The summed E-state index contributed by atoms with van der Waals surface area (Å²) in [6.45, 7) is 5.01. The molecule has 5 rings (SSSR count). The highest BCUT2D eigenvalue weighted by Gasteiger charge is 2.30. The predicted molar refractivity (Wildman–Crippen MR) is 169 cm³/mol. The molecule has 3 aromatic rings. The third-order valence-corrected chi connectivity index (χ3v) is 8.71. The van der Waals surface area contributed by atoms with E-state index >= 15 is 0 Å². The van der Waals surface area contributed by atoms with Gasteiger partial charge < -0.3 is 24.6 Å². The Kier molecular flexibility index (Phi) is 11.1. The minimum Gasteiger partial charge on any atom is -0.785 e. The van der Waals surface area contributed by atoms with E-state index < -0.39 is 0 Å². The zero-order valence-corrected chi connectivity index (χ0v) is 24.8. The lowest BCUT2D eigenvalue weighted by atomic mass is 9.91. The number of unbranched alkanes of at least 4 members (excludes halogenated alkanes) is 7. The Hall–Kier alpha value is -2.86. The van der Waals surface area contributed by atoms with E-state index in [1.54, 1.807) is 0 Å². The zero-order chi connectivity index (χ0) is 28.3. The van der Waals surface area contributed by atoms with Crippen LogP contribution in [-0.4, -0.2) is 37.4 Å². The number of rotatable bonds is 16. The lowest BCUT2D eigenvalue weighted by Gasteiger charge is -2.33. The van der Waals surface area contributed by atoms with Crippen molar-refractivity contribution in [2.75, 3.05) is 31.2 Å². The summed E-state index contributed by atoms with van der Waals surface area (Å²) in [4.78, 5) is 2.37. The number of fused-ring (bicyclic) bond motifs is 2. The molecular weight excluding hydrogens is 508 g/mol. The van der Waals surface area contributed by atoms with Crippen LogP contribution in [0, 0.1) is 5.21 Å². The first kappa shape index (κ1) is 29.6. The second-order valence-corrected chi connectivity index (χ2v) is 11.7. The first-order chi connectivity index (χ1) is 20.2. The van der Waals surface area contributed by atoms with Gasteiger partial charge in [0.25, 0.3) is 0 Å². The summed E-state index contributed by atoms with van der Waals surface area (Å²) in [7, 11) is 0. The molecule has 0 bridgehead atoms. The molecule has 0 N–H and O–H groups in total. The molecule has 3 aromatic carbocycles. The summed E-state index contributed by atoms with van der Waals surface area (Å²) in [5.74, 6) is 2.09. The molecule has 0 unspecified atom stereocenters. The van der Waals surface area contributed by atoms with Gasteiger partial charge >= 0.3 is 0 Å². The van der Waals surface area contributed by atoms with Gasteiger partial charge in [0.05, 0.1) is 18.0 Å². The summed E-state index contributed by atoms with van der Waals surface area (Å²) >= 11 is 0. The Bertz CT molecular complexity index is 1150. The van der Waals surface area contributed by atoms with Crippen molar-refractivity contribution in [3.05, 3.63) is 89.1 Å². The van der Waals surface area contributed by atoms with Crippen molar-refractivity contribution in [3.8, 4) is 11.5 Å². The lowest BCUT2D eigenvalue weighted by Crippen LogP contribution is -2.32. The number of anilines is 2. The molecule has 0 spiro atoms. The van der Waals surface area contributed by atoms with E-state index in [1.165, 1.54) is 54.7 Å². The number of hydroxylamine groups is 2. The van der Waals surface area contributed by atoms with Crippen molar-refractivity contribution < 1.29 is 9.47 Å². The third kappa shape index (κ3) is 7.91. The van der Waals surface area contributed by atoms with Crippen molar-refractivity contribution in [3.63, 3.8) is 0 Å². The second kappa shape index (κ2) is 15.4. The van der Waals surface area contributed by atoms with Crippen molar-refractivity contribution in [1.29, 1.82) is 0 Å². The largest absolute Gasteiger partial charge is 0.785 e. The maximum absolute atomic E-state index is 12.6. The Morgan fingerprint density at radius 2 is 1.44 bits per heavy atom. The number of benzene rings is 3. The minimum atomic E-state index is -0.0826. The molecule has 5 heteroatoms. The summed E-state index contributed by atoms with van der Waals surface area (Å²) < 4.78 is 12.2. The zero-order valence-electron chi connectivity index (χ0n) is 24.8. The minimum absolute atomic E-state index is 0.0826. The second-order valence-electron chi connectivity index (χ2n) is 11.7. The van der Waals surface area contributed by atoms with Crippen LogP contribution in [0.25, 0.3) is 0 Å². The van der Waals surface area contributed by atoms with Crippen molar-refractivity contribution in [1.82, 2.24) is 5.06 Å². The molecule has 2 aliphatic rings. The molecule has 220 valence electrons. The van der Waals surface area contributed by atoms with Gasteiger partial charge in [-0.15, -0.1) is 0 Å². The third-order valence-electron chi connectivity index (χ3n) is 8.71. The van der Waals surface area contributed by atoms with E-state index in [0.29, 0.717) is 19.8 Å². The van der Waals surface area contributed by atoms with Gasteiger partial charge in [-0.25, -0.2) is 0 Å². The molecule has 0 aliphatic carbocycles. The van der Waals surface area contributed by atoms with Gasteiger partial charge in [-0.2, -0.15) is 0 Å². The molecule has 2 aliphatic heterocycles. The maximum atomic E-state index is 12.6. The SMILES string of the molecule is CCCCCCCCc1ccc([C@H]2CCN([O-])[C@@H]2COCCCCCN2c3ccccc3Oc3ccccc32)cc1. The van der Waals surface area contributed by atoms with Crippen LogP contribution in [0.5, 0.6) is 11.5 Å². The summed E-state index contributed by atoms with van der Waals surface area (Å²) in [5, 5.41) is 13.9. The van der Waals surface area contributed by atoms with E-state index in [2.05, 4.69) is 60.4 Å². The van der Waals surface area contributed by atoms with Gasteiger partial charge in [0, 0.05) is 25.1 Å². The van der Waals surface area contributed by atoms with E-state index in [9.17, 15) is 5.21 Å². The van der Waals surface area contributed by atoms with E-state index in [4.69, 9.17) is 9.47 Å². The Morgan fingerprint density at radius 1 is 0.780 bits per heavy atom. The monoisotopic (exact) mass is 555 g/mol. The standard InChI is InChI=1S/C36H47N2O3/c1-2-3-4-5-6-8-15-29-20-22-30(23-21-29)31-24-26-38(39)34(31)28-40-27-14-7-13-25-37-32-16-9-11-18-35(32)41-36-19-12-10-17-33(36)37/h9-12,16-23,31,34H,2-8,13-15,24-28H2,1H3/q-1/t31-,34-/m1/s1. The van der Waals surface area contributed by atoms with E-state index in [0.717, 1.165) is 61.5 Å². The van der Waals surface area contributed by atoms with Crippen molar-refractivity contribution in [2.24, 2.45) is 0 Å². The molecule has 1 fully saturated rings. The first-order valence-electron chi connectivity index (χ1n) is 16.0. The maximum Gasteiger partial charge on any atom is 0.151 e. The van der Waals surface area contributed by atoms with Crippen LogP contribution in [0.15, 0.2) is 72.8 Å². The quantitative estimate of drug-likeness (QED) is 0.165. The summed E-state index contributed by atoms with van der Waals surface area (Å²) in [6, 6.07) is 25.5. The van der Waals surface area contributed by atoms with Gasteiger partial charge in [0.15, 0.2) is 11.5 Å². The fourth-order valence-electron chi connectivity index (χ4n) is 6.33. The highest BCUT2D eigenvalue weighted by atomic mass is 16.5. The molecule has 0 saturated carbocycles. The molecule has 0 amide bonds. The molecule has 5 nitrogen and oxygen atoms in total. The summed E-state index contributed by atoms with van der Waals surface area (Å²) in [6.07, 6.45) is 13.2. The van der Waals surface area contributed by atoms with Crippen LogP contribution in [-0.2, 0) is 11.2 Å². The topological polar surface area (TPSA) is 48.0 Å². The molecule has 2 atom stereocenters. The van der Waals surface area contributed by atoms with E-state index in [-0.39, 0.29) is 12.0 Å². The number of hydrogen-bond acceptors (Lipinski definition) is 5. The van der Waals surface area contributed by atoms with Crippen LogP contribution in [0.4, 0.5) is 11.4 Å². The highest BCUT2D eigenvalue weighted by molar-refractivity contribution is 5.77. The highest BCUT2D eigenvalue weighted by Crippen LogP contribution is 2.46. The molecule has 0 radical (unpaired) electrons. The van der Waals surface area contributed by atoms with Gasteiger partial charge in [0.2, 0.25) is 0 Å². The number of para-hydroxylation sites is 4.